The smallest absolute Gasteiger partial charge is 0.246 e. The normalized spacial score (nSPS) is 14.4. The van der Waals surface area contributed by atoms with Gasteiger partial charge in [-0.25, -0.2) is 0 Å². The molecule has 1 heterocycles. The predicted molar refractivity (Wildman–Crippen MR) is 115 cm³/mol. The van der Waals surface area contributed by atoms with Crippen LogP contribution in [0.2, 0.25) is 0 Å². The highest BCUT2D eigenvalue weighted by molar-refractivity contribution is 5.97. The van der Waals surface area contributed by atoms with Gasteiger partial charge in [0.2, 0.25) is 11.8 Å². The minimum Gasteiger partial charge on any atom is -0.374 e. The van der Waals surface area contributed by atoms with Crippen LogP contribution in [0.4, 0.5) is 17.1 Å². The van der Waals surface area contributed by atoms with Gasteiger partial charge in [-0.1, -0.05) is 32.9 Å². The Kier molecular flexibility index (Phi) is 5.45. The number of nitrogens with zero attached hydrogens (tertiary/aromatic N) is 1. The molecule has 0 saturated carbocycles. The van der Waals surface area contributed by atoms with E-state index in [0.717, 1.165) is 29.0 Å². The second kappa shape index (κ2) is 7.66. The fraction of sp³-hybridized carbons (Fsp3) is 0.391. The molecule has 2 aromatic rings. The third-order valence-electron chi connectivity index (χ3n) is 5.15. The number of carbonyl (C=O) groups is 2. The van der Waals surface area contributed by atoms with E-state index in [9.17, 15) is 9.59 Å². The molecular weight excluding hydrogens is 350 g/mol. The molecule has 148 valence electrons. The lowest BCUT2D eigenvalue weighted by Gasteiger charge is -2.20. The van der Waals surface area contributed by atoms with Crippen molar-refractivity contribution in [3.8, 4) is 0 Å². The van der Waals surface area contributed by atoms with Gasteiger partial charge in [0.05, 0.1) is 0 Å². The number of benzene rings is 2. The molecule has 0 radical (unpaired) electrons. The zero-order valence-corrected chi connectivity index (χ0v) is 17.3. The number of amides is 2. The first kappa shape index (κ1) is 19.9. The summed E-state index contributed by atoms with van der Waals surface area (Å²) in [5.41, 5.74) is 5.09. The Morgan fingerprint density at radius 3 is 2.29 bits per heavy atom. The number of rotatable bonds is 4. The first-order valence-corrected chi connectivity index (χ1v) is 9.74. The van der Waals surface area contributed by atoms with Gasteiger partial charge in [-0.2, -0.15) is 0 Å². The van der Waals surface area contributed by atoms with Crippen molar-refractivity contribution >= 4 is 28.9 Å². The number of nitrogens with one attached hydrogen (secondary N) is 2. The maximum absolute atomic E-state index is 12.5. The highest BCUT2D eigenvalue weighted by Gasteiger charge is 2.23. The minimum absolute atomic E-state index is 0.0599. The van der Waals surface area contributed by atoms with Gasteiger partial charge in [0.25, 0.3) is 0 Å². The third-order valence-corrected chi connectivity index (χ3v) is 5.15. The molecule has 0 spiro atoms. The lowest BCUT2D eigenvalue weighted by Crippen LogP contribution is -2.31. The van der Waals surface area contributed by atoms with Crippen LogP contribution in [0, 0.1) is 0 Å². The molecule has 1 aliphatic heterocycles. The van der Waals surface area contributed by atoms with Gasteiger partial charge in [-0.15, -0.1) is 0 Å². The van der Waals surface area contributed by atoms with Crippen LogP contribution in [0.3, 0.4) is 0 Å². The SMILES string of the molecule is CC(=O)N1CCc2cc(N[C@@H](C)C(=O)Nc3ccc(C(C)(C)C)cc3)ccc21. The molecule has 0 fully saturated rings. The lowest BCUT2D eigenvalue weighted by molar-refractivity contribution is -0.117. The molecule has 0 unspecified atom stereocenters. The number of hydrogen-bond donors (Lipinski definition) is 2. The molecule has 0 bridgehead atoms. The van der Waals surface area contributed by atoms with E-state index in [1.165, 1.54) is 5.56 Å². The molecule has 1 atom stereocenters. The highest BCUT2D eigenvalue weighted by Crippen LogP contribution is 2.30. The van der Waals surface area contributed by atoms with E-state index in [4.69, 9.17) is 0 Å². The van der Waals surface area contributed by atoms with Crippen molar-refractivity contribution < 1.29 is 9.59 Å². The summed E-state index contributed by atoms with van der Waals surface area (Å²) in [6.45, 7) is 10.6. The quantitative estimate of drug-likeness (QED) is 0.831. The van der Waals surface area contributed by atoms with Gasteiger partial charge >= 0.3 is 0 Å². The molecule has 0 aromatic heterocycles. The van der Waals surface area contributed by atoms with Crippen LogP contribution < -0.4 is 15.5 Å². The molecular formula is C23H29N3O2. The first-order chi connectivity index (χ1) is 13.1. The second-order valence-corrected chi connectivity index (χ2v) is 8.45. The van der Waals surface area contributed by atoms with E-state index in [-0.39, 0.29) is 23.3 Å². The van der Waals surface area contributed by atoms with E-state index >= 15 is 0 Å². The zero-order chi connectivity index (χ0) is 20.5. The summed E-state index contributed by atoms with van der Waals surface area (Å²) in [7, 11) is 0. The molecule has 0 saturated heterocycles. The summed E-state index contributed by atoms with van der Waals surface area (Å²) in [4.78, 5) is 26.0. The van der Waals surface area contributed by atoms with Gasteiger partial charge in [-0.05, 0) is 60.2 Å². The Hall–Kier alpha value is -2.82. The standard InChI is InChI=1S/C23H29N3O2/c1-15(22(28)25-19-8-6-18(7-9-19)23(3,4)5)24-20-10-11-21-17(14-20)12-13-26(21)16(2)27/h6-11,14-15,24H,12-13H2,1-5H3,(H,25,28)/t15-/m0/s1. The Balaban J connectivity index is 1.63. The van der Waals surface area contributed by atoms with E-state index in [1.54, 1.807) is 11.8 Å². The van der Waals surface area contributed by atoms with Crippen molar-refractivity contribution in [1.29, 1.82) is 0 Å². The topological polar surface area (TPSA) is 61.4 Å². The van der Waals surface area contributed by atoms with Crippen LogP contribution in [0.1, 0.15) is 45.7 Å². The van der Waals surface area contributed by atoms with E-state index < -0.39 is 0 Å². The summed E-state index contributed by atoms with van der Waals surface area (Å²) in [5.74, 6) is -0.0287. The molecule has 2 N–H and O–H groups in total. The van der Waals surface area contributed by atoms with Crippen LogP contribution in [0.5, 0.6) is 0 Å². The van der Waals surface area contributed by atoms with Crippen molar-refractivity contribution in [2.75, 3.05) is 22.1 Å². The summed E-state index contributed by atoms with van der Waals surface area (Å²) in [5, 5.41) is 6.22. The largest absolute Gasteiger partial charge is 0.374 e. The number of anilines is 3. The van der Waals surface area contributed by atoms with E-state index in [0.29, 0.717) is 6.54 Å². The number of hydrogen-bond acceptors (Lipinski definition) is 3. The van der Waals surface area contributed by atoms with Crippen LogP contribution in [-0.4, -0.2) is 24.4 Å². The maximum Gasteiger partial charge on any atom is 0.246 e. The van der Waals surface area contributed by atoms with Crippen molar-refractivity contribution in [3.63, 3.8) is 0 Å². The van der Waals surface area contributed by atoms with Gasteiger partial charge < -0.3 is 15.5 Å². The molecule has 5 nitrogen and oxygen atoms in total. The fourth-order valence-corrected chi connectivity index (χ4v) is 3.44. The maximum atomic E-state index is 12.5. The predicted octanol–water partition coefficient (Wildman–Crippen LogP) is 4.33. The van der Waals surface area contributed by atoms with E-state index in [1.807, 2.05) is 37.3 Å². The monoisotopic (exact) mass is 379 g/mol. The van der Waals surface area contributed by atoms with Crippen molar-refractivity contribution in [2.45, 2.75) is 52.5 Å². The van der Waals surface area contributed by atoms with Gasteiger partial charge in [-0.3, -0.25) is 9.59 Å². The van der Waals surface area contributed by atoms with Crippen LogP contribution in [-0.2, 0) is 21.4 Å². The van der Waals surface area contributed by atoms with Crippen molar-refractivity contribution in [3.05, 3.63) is 53.6 Å². The number of carbonyl (C=O) groups excluding carboxylic acids is 2. The summed E-state index contributed by atoms with van der Waals surface area (Å²) >= 11 is 0. The average Bonchev–Trinajstić information content (AvgIpc) is 3.04. The van der Waals surface area contributed by atoms with E-state index in [2.05, 4.69) is 43.5 Å². The summed E-state index contributed by atoms with van der Waals surface area (Å²) < 4.78 is 0. The molecule has 1 aliphatic rings. The zero-order valence-electron chi connectivity index (χ0n) is 17.3. The Bertz CT molecular complexity index is 882. The van der Waals surface area contributed by atoms with Gasteiger partial charge in [0, 0.05) is 30.5 Å². The van der Waals surface area contributed by atoms with Gasteiger partial charge in [0.1, 0.15) is 6.04 Å². The summed E-state index contributed by atoms with van der Waals surface area (Å²) in [6.07, 6.45) is 0.838. The molecule has 5 heteroatoms. The fourth-order valence-electron chi connectivity index (χ4n) is 3.44. The van der Waals surface area contributed by atoms with Gasteiger partial charge in [0.15, 0.2) is 0 Å². The van der Waals surface area contributed by atoms with Crippen LogP contribution in [0.25, 0.3) is 0 Å². The molecule has 2 amide bonds. The average molecular weight is 380 g/mol. The highest BCUT2D eigenvalue weighted by atomic mass is 16.2. The molecule has 0 aliphatic carbocycles. The molecule has 28 heavy (non-hydrogen) atoms. The molecule has 2 aromatic carbocycles. The Morgan fingerprint density at radius 1 is 1.04 bits per heavy atom. The Labute approximate surface area is 167 Å². The second-order valence-electron chi connectivity index (χ2n) is 8.45. The Morgan fingerprint density at radius 2 is 1.68 bits per heavy atom. The molecule has 3 rings (SSSR count). The van der Waals surface area contributed by atoms with Crippen LogP contribution in [0.15, 0.2) is 42.5 Å². The lowest BCUT2D eigenvalue weighted by atomic mass is 9.87. The first-order valence-electron chi connectivity index (χ1n) is 9.74. The minimum atomic E-state index is -0.384. The van der Waals surface area contributed by atoms with Crippen molar-refractivity contribution in [2.24, 2.45) is 0 Å². The summed E-state index contributed by atoms with van der Waals surface area (Å²) in [6, 6.07) is 13.5. The third kappa shape index (κ3) is 4.35. The van der Waals surface area contributed by atoms with Crippen molar-refractivity contribution in [1.82, 2.24) is 0 Å². The number of fused-ring (bicyclic) bond motifs is 1. The van der Waals surface area contributed by atoms with Crippen LogP contribution >= 0.6 is 0 Å².